The van der Waals surface area contributed by atoms with Crippen LogP contribution in [0.5, 0.6) is 0 Å². The van der Waals surface area contributed by atoms with Crippen LogP contribution in [0.1, 0.15) is 65.8 Å². The molecule has 0 unspecified atom stereocenters. The minimum atomic E-state index is 0.735. The molecule has 2 aromatic carbocycles. The van der Waals surface area contributed by atoms with Gasteiger partial charge < -0.3 is 5.32 Å². The van der Waals surface area contributed by atoms with E-state index in [0.717, 1.165) is 11.5 Å². The summed E-state index contributed by atoms with van der Waals surface area (Å²) in [6.07, 6.45) is 11.1. The van der Waals surface area contributed by atoms with Gasteiger partial charge in [0.05, 0.1) is 0 Å². The molecule has 0 saturated heterocycles. The molecule has 1 aliphatic carbocycles. The van der Waals surface area contributed by atoms with Gasteiger partial charge in [0.15, 0.2) is 0 Å². The van der Waals surface area contributed by atoms with Crippen LogP contribution in [-0.4, -0.2) is 7.05 Å². The highest BCUT2D eigenvalue weighted by molar-refractivity contribution is 5.80. The second-order valence-electron chi connectivity index (χ2n) is 7.67. The third-order valence-electron chi connectivity index (χ3n) is 5.48. The van der Waals surface area contributed by atoms with Gasteiger partial charge in [-0.2, -0.15) is 0 Å². The first-order valence-electron chi connectivity index (χ1n) is 9.84. The molecule has 1 aliphatic rings. The zero-order valence-electron chi connectivity index (χ0n) is 16.4. The van der Waals surface area contributed by atoms with Crippen LogP contribution in [0.2, 0.25) is 0 Å². The zero-order chi connectivity index (χ0) is 18.5. The lowest BCUT2D eigenvalue weighted by Crippen LogP contribution is -2.05. The van der Waals surface area contributed by atoms with E-state index in [2.05, 4.69) is 74.3 Å². The molecule has 1 N–H and O–H groups in total. The Kier molecular flexibility index (Phi) is 5.98. The lowest BCUT2D eigenvalue weighted by atomic mass is 9.83. The molecular formula is C25H31N. The highest BCUT2D eigenvalue weighted by Gasteiger charge is 2.16. The molecule has 3 rings (SSSR count). The van der Waals surface area contributed by atoms with Gasteiger partial charge >= 0.3 is 0 Å². The van der Waals surface area contributed by atoms with Gasteiger partial charge in [-0.15, -0.1) is 0 Å². The summed E-state index contributed by atoms with van der Waals surface area (Å²) in [7, 11) is 2.01. The van der Waals surface area contributed by atoms with Crippen molar-refractivity contribution in [2.75, 3.05) is 12.4 Å². The van der Waals surface area contributed by atoms with Crippen LogP contribution in [0.3, 0.4) is 0 Å². The Labute approximate surface area is 158 Å². The van der Waals surface area contributed by atoms with Crippen LogP contribution >= 0.6 is 0 Å². The second-order valence-corrected chi connectivity index (χ2v) is 7.67. The summed E-state index contributed by atoms with van der Waals surface area (Å²) in [5.74, 6) is 0.735. The number of nitrogens with one attached hydrogen (secondary N) is 1. The highest BCUT2D eigenvalue weighted by atomic mass is 14.8. The van der Waals surface area contributed by atoms with E-state index in [4.69, 9.17) is 0 Å². The maximum absolute atomic E-state index is 4.26. The SMILES string of the molecule is C=C(/C=C\c1ccc(C2CCCCC2)cc1NC)c1cc(C)cc(C)c1. The lowest BCUT2D eigenvalue weighted by molar-refractivity contribution is 0.444. The summed E-state index contributed by atoms with van der Waals surface area (Å²) in [6.45, 7) is 8.53. The topological polar surface area (TPSA) is 12.0 Å². The number of anilines is 1. The van der Waals surface area contributed by atoms with E-state index in [-0.39, 0.29) is 0 Å². The van der Waals surface area contributed by atoms with E-state index < -0.39 is 0 Å². The van der Waals surface area contributed by atoms with Crippen LogP contribution in [0, 0.1) is 13.8 Å². The predicted molar refractivity (Wildman–Crippen MR) is 116 cm³/mol. The molecule has 1 fully saturated rings. The fourth-order valence-electron chi connectivity index (χ4n) is 4.07. The van der Waals surface area contributed by atoms with Gasteiger partial charge in [-0.25, -0.2) is 0 Å². The number of allylic oxidation sites excluding steroid dienone is 2. The van der Waals surface area contributed by atoms with Crippen LogP contribution in [0.4, 0.5) is 5.69 Å². The Morgan fingerprint density at radius 1 is 1.00 bits per heavy atom. The third-order valence-corrected chi connectivity index (χ3v) is 5.48. The molecule has 1 nitrogen and oxygen atoms in total. The van der Waals surface area contributed by atoms with E-state index in [1.807, 2.05) is 7.05 Å². The fraction of sp³-hybridized carbons (Fsp3) is 0.360. The van der Waals surface area contributed by atoms with Crippen LogP contribution in [0.25, 0.3) is 11.6 Å². The van der Waals surface area contributed by atoms with Crippen LogP contribution in [-0.2, 0) is 0 Å². The molecular weight excluding hydrogens is 314 g/mol. The van der Waals surface area contributed by atoms with Gasteiger partial charge in [0.2, 0.25) is 0 Å². The van der Waals surface area contributed by atoms with Gasteiger partial charge in [0, 0.05) is 12.7 Å². The third kappa shape index (κ3) is 4.46. The maximum atomic E-state index is 4.26. The average molecular weight is 346 g/mol. The maximum Gasteiger partial charge on any atom is 0.0414 e. The smallest absolute Gasteiger partial charge is 0.0414 e. The van der Waals surface area contributed by atoms with Crippen molar-refractivity contribution in [3.63, 3.8) is 0 Å². The first-order chi connectivity index (χ1) is 12.6. The number of hydrogen-bond acceptors (Lipinski definition) is 1. The molecule has 0 spiro atoms. The number of aryl methyl sites for hydroxylation is 2. The molecule has 0 amide bonds. The first kappa shape index (κ1) is 18.5. The molecule has 0 heterocycles. The van der Waals surface area contributed by atoms with Crippen molar-refractivity contribution in [1.29, 1.82) is 0 Å². The molecule has 0 atom stereocenters. The monoisotopic (exact) mass is 345 g/mol. The van der Waals surface area contributed by atoms with Crippen molar-refractivity contribution in [2.45, 2.75) is 51.9 Å². The molecule has 0 aliphatic heterocycles. The van der Waals surface area contributed by atoms with E-state index in [1.54, 1.807) is 0 Å². The molecule has 1 saturated carbocycles. The standard InChI is InChI=1S/C25H31N/c1-18-14-19(2)16-24(15-18)20(3)10-11-22-12-13-23(17-25(22)26-4)21-8-6-5-7-9-21/h10-17,21,26H,3,5-9H2,1-2,4H3/b11-10-. The Bertz CT molecular complexity index is 787. The summed E-state index contributed by atoms with van der Waals surface area (Å²) in [5.41, 5.74) is 8.72. The van der Waals surface area contributed by atoms with Crippen molar-refractivity contribution in [1.82, 2.24) is 0 Å². The van der Waals surface area contributed by atoms with Gasteiger partial charge in [0.1, 0.15) is 0 Å². The minimum Gasteiger partial charge on any atom is -0.388 e. The van der Waals surface area contributed by atoms with Crippen molar-refractivity contribution in [3.05, 3.63) is 76.9 Å². The van der Waals surface area contributed by atoms with E-state index in [1.165, 1.54) is 65.6 Å². The van der Waals surface area contributed by atoms with Crippen molar-refractivity contribution >= 4 is 17.3 Å². The number of hydrogen-bond donors (Lipinski definition) is 1. The lowest BCUT2D eigenvalue weighted by Gasteiger charge is -2.23. The highest BCUT2D eigenvalue weighted by Crippen LogP contribution is 2.34. The summed E-state index contributed by atoms with van der Waals surface area (Å²) in [5, 5.41) is 3.38. The molecule has 2 aromatic rings. The molecule has 26 heavy (non-hydrogen) atoms. The van der Waals surface area contributed by atoms with Crippen molar-refractivity contribution in [3.8, 4) is 0 Å². The van der Waals surface area contributed by atoms with E-state index in [9.17, 15) is 0 Å². The first-order valence-corrected chi connectivity index (χ1v) is 9.84. The molecule has 0 aromatic heterocycles. The summed E-state index contributed by atoms with van der Waals surface area (Å²) in [6, 6.07) is 13.5. The van der Waals surface area contributed by atoms with Gasteiger partial charge in [-0.1, -0.05) is 79.5 Å². The molecule has 0 bridgehead atoms. The van der Waals surface area contributed by atoms with Crippen LogP contribution in [0.15, 0.2) is 49.1 Å². The normalized spacial score (nSPS) is 15.3. The Balaban J connectivity index is 1.79. The summed E-state index contributed by atoms with van der Waals surface area (Å²) < 4.78 is 0. The molecule has 1 heteroatoms. The van der Waals surface area contributed by atoms with Gasteiger partial charge in [0.25, 0.3) is 0 Å². The van der Waals surface area contributed by atoms with Crippen LogP contribution < -0.4 is 5.32 Å². The Morgan fingerprint density at radius 3 is 2.35 bits per heavy atom. The van der Waals surface area contributed by atoms with E-state index >= 15 is 0 Å². The molecule has 0 radical (unpaired) electrons. The van der Waals surface area contributed by atoms with E-state index in [0.29, 0.717) is 0 Å². The Hall–Kier alpha value is -2.28. The largest absolute Gasteiger partial charge is 0.388 e. The average Bonchev–Trinajstić information content (AvgIpc) is 2.66. The van der Waals surface area contributed by atoms with Gasteiger partial charge in [-0.05, 0) is 60.9 Å². The number of rotatable bonds is 5. The summed E-state index contributed by atoms with van der Waals surface area (Å²) >= 11 is 0. The zero-order valence-corrected chi connectivity index (χ0v) is 16.4. The molecule has 136 valence electrons. The summed E-state index contributed by atoms with van der Waals surface area (Å²) in [4.78, 5) is 0. The van der Waals surface area contributed by atoms with Crippen molar-refractivity contribution in [2.24, 2.45) is 0 Å². The second kappa shape index (κ2) is 8.40. The number of benzene rings is 2. The minimum absolute atomic E-state index is 0.735. The quantitative estimate of drug-likeness (QED) is 0.569. The van der Waals surface area contributed by atoms with Gasteiger partial charge in [-0.3, -0.25) is 0 Å². The Morgan fingerprint density at radius 2 is 1.69 bits per heavy atom. The predicted octanol–water partition coefficient (Wildman–Crippen LogP) is 7.12. The fourth-order valence-corrected chi connectivity index (χ4v) is 4.07. The van der Waals surface area contributed by atoms with Crippen molar-refractivity contribution < 1.29 is 0 Å².